The van der Waals surface area contributed by atoms with Crippen molar-refractivity contribution in [2.45, 2.75) is 19.5 Å². The Morgan fingerprint density at radius 3 is 3.00 bits per heavy atom. The maximum atomic E-state index is 6.28. The van der Waals surface area contributed by atoms with Gasteiger partial charge in [0.1, 0.15) is 5.82 Å². The summed E-state index contributed by atoms with van der Waals surface area (Å²) < 4.78 is 7.77. The number of nitrogens with two attached hydrogens (primary N) is 1. The monoisotopic (exact) mass is 325 g/mol. The third-order valence-electron chi connectivity index (χ3n) is 2.75. The lowest BCUT2D eigenvalue weighted by atomic mass is 10.1. The number of ether oxygens (including phenoxy) is 1. The zero-order chi connectivity index (χ0) is 13.8. The highest BCUT2D eigenvalue weighted by atomic mass is 79.9. The lowest BCUT2D eigenvalue weighted by molar-refractivity contribution is 0.182. The molecule has 0 aliphatic carbocycles. The minimum absolute atomic E-state index is 0.351. The minimum atomic E-state index is -0.351. The van der Waals surface area contributed by atoms with Crippen molar-refractivity contribution in [2.24, 2.45) is 5.73 Å². The molecule has 2 aromatic heterocycles. The van der Waals surface area contributed by atoms with Crippen LogP contribution in [0.2, 0.25) is 0 Å². The summed E-state index contributed by atoms with van der Waals surface area (Å²) in [6.07, 6.45) is 3.44. The van der Waals surface area contributed by atoms with E-state index >= 15 is 0 Å². The number of halogens is 1. The van der Waals surface area contributed by atoms with Crippen LogP contribution in [0.4, 0.5) is 0 Å². The van der Waals surface area contributed by atoms with E-state index in [0.29, 0.717) is 19.0 Å². The molecular formula is C12H16BrN5O. The standard InChI is InChI=1S/C12H16BrN5O/c1-8-15-4-3-10(17-8)11(14)12-9(13)7-16-18(12)5-6-19-2/h3-4,7,11H,5-6,14H2,1-2H3. The van der Waals surface area contributed by atoms with E-state index in [1.54, 1.807) is 19.5 Å². The molecule has 0 bridgehead atoms. The molecule has 0 spiro atoms. The molecule has 2 aromatic rings. The van der Waals surface area contributed by atoms with E-state index in [9.17, 15) is 0 Å². The van der Waals surface area contributed by atoms with Gasteiger partial charge in [-0.3, -0.25) is 4.68 Å². The Hall–Kier alpha value is -1.31. The van der Waals surface area contributed by atoms with Gasteiger partial charge in [-0.1, -0.05) is 0 Å². The number of hydrogen-bond acceptors (Lipinski definition) is 5. The summed E-state index contributed by atoms with van der Waals surface area (Å²) in [7, 11) is 1.66. The first kappa shape index (κ1) is 14.1. The summed E-state index contributed by atoms with van der Waals surface area (Å²) in [5.41, 5.74) is 7.94. The van der Waals surface area contributed by atoms with Crippen LogP contribution < -0.4 is 5.73 Å². The highest BCUT2D eigenvalue weighted by molar-refractivity contribution is 9.10. The number of nitrogens with zero attached hydrogens (tertiary/aromatic N) is 4. The van der Waals surface area contributed by atoms with Gasteiger partial charge in [0.15, 0.2) is 0 Å². The summed E-state index contributed by atoms with van der Waals surface area (Å²) in [4.78, 5) is 8.44. The predicted molar refractivity (Wildman–Crippen MR) is 74.6 cm³/mol. The molecule has 1 unspecified atom stereocenters. The van der Waals surface area contributed by atoms with Gasteiger partial charge in [-0.25, -0.2) is 9.97 Å². The maximum absolute atomic E-state index is 6.28. The topological polar surface area (TPSA) is 78.9 Å². The molecule has 0 saturated heterocycles. The van der Waals surface area contributed by atoms with Crippen LogP contribution in [-0.2, 0) is 11.3 Å². The molecule has 0 amide bonds. The summed E-state index contributed by atoms with van der Waals surface area (Å²) in [5.74, 6) is 0.701. The fourth-order valence-electron chi connectivity index (χ4n) is 1.82. The van der Waals surface area contributed by atoms with Crippen molar-refractivity contribution in [1.82, 2.24) is 19.7 Å². The van der Waals surface area contributed by atoms with E-state index in [2.05, 4.69) is 31.0 Å². The number of aryl methyl sites for hydroxylation is 1. The quantitative estimate of drug-likeness (QED) is 0.899. The molecule has 2 heterocycles. The Balaban J connectivity index is 2.32. The molecule has 1 atom stereocenters. The van der Waals surface area contributed by atoms with E-state index in [4.69, 9.17) is 10.5 Å². The molecule has 7 heteroatoms. The lowest BCUT2D eigenvalue weighted by Crippen LogP contribution is -2.20. The van der Waals surface area contributed by atoms with Gasteiger partial charge >= 0.3 is 0 Å². The summed E-state index contributed by atoms with van der Waals surface area (Å²) >= 11 is 3.48. The Labute approximate surface area is 120 Å². The SMILES string of the molecule is COCCn1ncc(Br)c1C(N)c1ccnc(C)n1. The van der Waals surface area contributed by atoms with Crippen LogP contribution in [0.15, 0.2) is 22.9 Å². The van der Waals surface area contributed by atoms with E-state index in [0.717, 1.165) is 15.9 Å². The lowest BCUT2D eigenvalue weighted by Gasteiger charge is -2.14. The molecular weight excluding hydrogens is 310 g/mol. The molecule has 0 aromatic carbocycles. The molecule has 2 rings (SSSR count). The average molecular weight is 326 g/mol. The van der Waals surface area contributed by atoms with Crippen LogP contribution in [-0.4, -0.2) is 33.5 Å². The summed E-state index contributed by atoms with van der Waals surface area (Å²) in [5, 5.41) is 4.29. The first-order chi connectivity index (χ1) is 9.13. The molecule has 0 fully saturated rings. The van der Waals surface area contributed by atoms with Crippen molar-refractivity contribution in [3.8, 4) is 0 Å². The number of rotatable bonds is 5. The van der Waals surface area contributed by atoms with Crippen molar-refractivity contribution in [3.05, 3.63) is 40.1 Å². The van der Waals surface area contributed by atoms with E-state index in [1.165, 1.54) is 0 Å². The smallest absolute Gasteiger partial charge is 0.125 e. The van der Waals surface area contributed by atoms with Crippen LogP contribution in [0.5, 0.6) is 0 Å². The Morgan fingerprint density at radius 1 is 1.53 bits per heavy atom. The summed E-state index contributed by atoms with van der Waals surface area (Å²) in [6.45, 7) is 3.07. The van der Waals surface area contributed by atoms with Gasteiger partial charge in [0.25, 0.3) is 0 Å². The number of aromatic nitrogens is 4. The van der Waals surface area contributed by atoms with Crippen molar-refractivity contribution >= 4 is 15.9 Å². The summed E-state index contributed by atoms with van der Waals surface area (Å²) in [6, 6.07) is 1.47. The van der Waals surface area contributed by atoms with Gasteiger partial charge in [-0.2, -0.15) is 5.10 Å². The largest absolute Gasteiger partial charge is 0.383 e. The second kappa shape index (κ2) is 6.23. The normalized spacial score (nSPS) is 12.6. The molecule has 102 valence electrons. The third-order valence-corrected chi connectivity index (χ3v) is 3.36. The Bertz CT molecular complexity index is 557. The van der Waals surface area contributed by atoms with Crippen LogP contribution in [0.1, 0.15) is 23.3 Å². The van der Waals surface area contributed by atoms with Crippen LogP contribution in [0.3, 0.4) is 0 Å². The van der Waals surface area contributed by atoms with Gasteiger partial charge in [0, 0.05) is 13.3 Å². The zero-order valence-electron chi connectivity index (χ0n) is 10.9. The molecule has 19 heavy (non-hydrogen) atoms. The highest BCUT2D eigenvalue weighted by Crippen LogP contribution is 2.25. The highest BCUT2D eigenvalue weighted by Gasteiger charge is 2.19. The molecule has 0 saturated carbocycles. The van der Waals surface area contributed by atoms with Gasteiger partial charge < -0.3 is 10.5 Å². The molecule has 2 N–H and O–H groups in total. The molecule has 0 aliphatic rings. The maximum Gasteiger partial charge on any atom is 0.125 e. The number of hydrogen-bond donors (Lipinski definition) is 1. The van der Waals surface area contributed by atoms with Gasteiger partial charge in [-0.05, 0) is 28.9 Å². The van der Waals surface area contributed by atoms with Crippen molar-refractivity contribution < 1.29 is 4.74 Å². The van der Waals surface area contributed by atoms with Crippen LogP contribution in [0.25, 0.3) is 0 Å². The zero-order valence-corrected chi connectivity index (χ0v) is 12.5. The fourth-order valence-corrected chi connectivity index (χ4v) is 2.37. The molecule has 0 radical (unpaired) electrons. The van der Waals surface area contributed by atoms with Crippen molar-refractivity contribution in [3.63, 3.8) is 0 Å². The second-order valence-electron chi connectivity index (χ2n) is 4.10. The number of methoxy groups -OCH3 is 1. The first-order valence-electron chi connectivity index (χ1n) is 5.88. The van der Waals surface area contributed by atoms with Crippen LogP contribution in [0, 0.1) is 6.92 Å². The minimum Gasteiger partial charge on any atom is -0.383 e. The van der Waals surface area contributed by atoms with Crippen LogP contribution >= 0.6 is 15.9 Å². The average Bonchev–Trinajstić information content (AvgIpc) is 2.76. The molecule has 0 aliphatic heterocycles. The van der Waals surface area contributed by atoms with Crippen molar-refractivity contribution in [1.29, 1.82) is 0 Å². The Morgan fingerprint density at radius 2 is 2.32 bits per heavy atom. The Kier molecular flexibility index (Phi) is 4.62. The van der Waals surface area contributed by atoms with Gasteiger partial charge in [0.2, 0.25) is 0 Å². The van der Waals surface area contributed by atoms with Gasteiger partial charge in [0.05, 0.1) is 41.3 Å². The first-order valence-corrected chi connectivity index (χ1v) is 6.68. The van der Waals surface area contributed by atoms with E-state index in [-0.39, 0.29) is 6.04 Å². The third kappa shape index (κ3) is 3.17. The van der Waals surface area contributed by atoms with Crippen molar-refractivity contribution in [2.75, 3.05) is 13.7 Å². The predicted octanol–water partition coefficient (Wildman–Crippen LogP) is 1.44. The van der Waals surface area contributed by atoms with Gasteiger partial charge in [-0.15, -0.1) is 0 Å². The molecule has 6 nitrogen and oxygen atoms in total. The van der Waals surface area contributed by atoms with E-state index in [1.807, 2.05) is 17.7 Å². The second-order valence-corrected chi connectivity index (χ2v) is 4.95. The van der Waals surface area contributed by atoms with E-state index < -0.39 is 0 Å². The fraction of sp³-hybridized carbons (Fsp3) is 0.417.